The van der Waals surface area contributed by atoms with Crippen LogP contribution in [0.1, 0.15) is 24.7 Å². The SMILES string of the molecule is C/C(=C\c1ccco1)CN1CCN(Cc2ccsc2)[C@@H](CCO)C1. The minimum absolute atomic E-state index is 0.250. The van der Waals surface area contributed by atoms with Gasteiger partial charge in [0.25, 0.3) is 0 Å². The van der Waals surface area contributed by atoms with Gasteiger partial charge < -0.3 is 9.52 Å². The van der Waals surface area contributed by atoms with Gasteiger partial charge in [-0.2, -0.15) is 11.3 Å². The lowest BCUT2D eigenvalue weighted by atomic mass is 10.1. The number of aliphatic hydroxyl groups excluding tert-OH is 1. The van der Waals surface area contributed by atoms with E-state index in [1.165, 1.54) is 11.1 Å². The summed E-state index contributed by atoms with van der Waals surface area (Å²) in [6.07, 6.45) is 4.65. The molecule has 4 nitrogen and oxygen atoms in total. The van der Waals surface area contributed by atoms with Crippen LogP contribution in [0.25, 0.3) is 6.08 Å². The summed E-state index contributed by atoms with van der Waals surface area (Å²) >= 11 is 1.75. The average Bonchev–Trinajstić information content (AvgIpc) is 3.24. The first kappa shape index (κ1) is 17.4. The summed E-state index contributed by atoms with van der Waals surface area (Å²) < 4.78 is 5.39. The lowest BCUT2D eigenvalue weighted by Gasteiger charge is -2.41. The van der Waals surface area contributed by atoms with Crippen LogP contribution in [-0.2, 0) is 6.54 Å². The van der Waals surface area contributed by atoms with Crippen LogP contribution in [0.2, 0.25) is 0 Å². The van der Waals surface area contributed by atoms with E-state index in [0.717, 1.165) is 44.9 Å². The lowest BCUT2D eigenvalue weighted by molar-refractivity contribution is 0.0586. The Labute approximate surface area is 148 Å². The molecule has 3 rings (SSSR count). The third-order valence-corrected chi connectivity index (χ3v) is 5.25. The van der Waals surface area contributed by atoms with Crippen molar-refractivity contribution in [3.8, 4) is 0 Å². The van der Waals surface area contributed by atoms with E-state index in [-0.39, 0.29) is 6.61 Å². The van der Waals surface area contributed by atoms with E-state index in [1.807, 2.05) is 12.1 Å². The molecule has 24 heavy (non-hydrogen) atoms. The van der Waals surface area contributed by atoms with Crippen LogP contribution in [-0.4, -0.2) is 53.7 Å². The maximum Gasteiger partial charge on any atom is 0.126 e. The summed E-state index contributed by atoms with van der Waals surface area (Å²) in [6.45, 7) is 7.47. The predicted molar refractivity (Wildman–Crippen MR) is 99.0 cm³/mol. The van der Waals surface area contributed by atoms with E-state index in [4.69, 9.17) is 4.42 Å². The average molecular weight is 346 g/mol. The van der Waals surface area contributed by atoms with Crippen molar-refractivity contribution in [1.82, 2.24) is 9.80 Å². The Morgan fingerprint density at radius 3 is 3.04 bits per heavy atom. The fraction of sp³-hybridized carbons (Fsp3) is 0.474. The summed E-state index contributed by atoms with van der Waals surface area (Å²) in [5, 5.41) is 13.8. The van der Waals surface area contributed by atoms with Crippen LogP contribution in [0.15, 0.2) is 45.2 Å². The zero-order valence-electron chi connectivity index (χ0n) is 14.2. The van der Waals surface area contributed by atoms with Crippen molar-refractivity contribution in [2.24, 2.45) is 0 Å². The summed E-state index contributed by atoms with van der Waals surface area (Å²) in [5.41, 5.74) is 2.68. The molecular formula is C19H26N2O2S. The Balaban J connectivity index is 1.57. The summed E-state index contributed by atoms with van der Waals surface area (Å²) in [4.78, 5) is 5.00. The molecule has 2 aromatic rings. The Morgan fingerprint density at radius 1 is 1.42 bits per heavy atom. The van der Waals surface area contributed by atoms with Crippen LogP contribution in [0.3, 0.4) is 0 Å². The Kier molecular flexibility index (Phi) is 6.26. The third-order valence-electron chi connectivity index (χ3n) is 4.52. The van der Waals surface area contributed by atoms with Gasteiger partial charge in [-0.1, -0.05) is 5.57 Å². The summed E-state index contributed by atoms with van der Waals surface area (Å²) in [6, 6.07) is 6.51. The molecule has 0 bridgehead atoms. The number of nitrogens with zero attached hydrogens (tertiary/aromatic N) is 2. The van der Waals surface area contributed by atoms with E-state index in [0.29, 0.717) is 6.04 Å². The monoisotopic (exact) mass is 346 g/mol. The lowest BCUT2D eigenvalue weighted by Crippen LogP contribution is -2.53. The number of furan rings is 1. The largest absolute Gasteiger partial charge is 0.465 e. The molecule has 0 saturated carbocycles. The molecule has 0 amide bonds. The van der Waals surface area contributed by atoms with Gasteiger partial charge in [0, 0.05) is 45.4 Å². The minimum atomic E-state index is 0.250. The van der Waals surface area contributed by atoms with Gasteiger partial charge in [-0.05, 0) is 53.9 Å². The topological polar surface area (TPSA) is 39.9 Å². The van der Waals surface area contributed by atoms with E-state index < -0.39 is 0 Å². The number of hydrogen-bond acceptors (Lipinski definition) is 5. The second-order valence-electron chi connectivity index (χ2n) is 6.51. The number of thiophene rings is 1. The Bertz CT molecular complexity index is 622. The van der Waals surface area contributed by atoms with Gasteiger partial charge in [-0.3, -0.25) is 9.80 Å². The van der Waals surface area contributed by atoms with Crippen LogP contribution >= 0.6 is 11.3 Å². The second-order valence-corrected chi connectivity index (χ2v) is 7.29. The molecule has 1 aliphatic heterocycles. The van der Waals surface area contributed by atoms with Crippen molar-refractivity contribution in [3.63, 3.8) is 0 Å². The number of piperazine rings is 1. The predicted octanol–water partition coefficient (Wildman–Crippen LogP) is 3.31. The van der Waals surface area contributed by atoms with Crippen LogP contribution < -0.4 is 0 Å². The molecule has 0 spiro atoms. The highest BCUT2D eigenvalue weighted by Crippen LogP contribution is 2.19. The molecule has 1 aliphatic rings. The molecule has 130 valence electrons. The summed E-state index contributed by atoms with van der Waals surface area (Å²) in [5.74, 6) is 0.913. The van der Waals surface area contributed by atoms with Crippen molar-refractivity contribution in [2.75, 3.05) is 32.8 Å². The minimum Gasteiger partial charge on any atom is -0.465 e. The Morgan fingerprint density at radius 2 is 2.33 bits per heavy atom. The second kappa shape index (κ2) is 8.62. The Hall–Kier alpha value is -1.40. The van der Waals surface area contributed by atoms with Crippen molar-refractivity contribution in [1.29, 1.82) is 0 Å². The van der Waals surface area contributed by atoms with Crippen molar-refractivity contribution >= 4 is 17.4 Å². The van der Waals surface area contributed by atoms with E-state index in [2.05, 4.69) is 39.6 Å². The first-order chi connectivity index (χ1) is 11.7. The molecule has 3 heterocycles. The third kappa shape index (κ3) is 4.80. The van der Waals surface area contributed by atoms with Gasteiger partial charge in [0.05, 0.1) is 6.26 Å². The van der Waals surface area contributed by atoms with E-state index in [1.54, 1.807) is 17.6 Å². The van der Waals surface area contributed by atoms with Gasteiger partial charge in [0.1, 0.15) is 5.76 Å². The number of aliphatic hydroxyl groups is 1. The van der Waals surface area contributed by atoms with Gasteiger partial charge in [0.15, 0.2) is 0 Å². The molecule has 0 radical (unpaired) electrons. The highest BCUT2D eigenvalue weighted by atomic mass is 32.1. The first-order valence-corrected chi connectivity index (χ1v) is 9.48. The molecule has 1 atom stereocenters. The standard InChI is InChI=1S/C19H26N2O2S/c1-16(11-19-3-2-9-23-19)12-20-6-7-21(18(14-20)4-8-22)13-17-5-10-24-15-17/h2-3,5,9-11,15,18,22H,4,6-8,12-14H2,1H3/b16-11+/t18-/m0/s1. The van der Waals surface area contributed by atoms with Crippen molar-refractivity contribution in [3.05, 3.63) is 52.1 Å². The van der Waals surface area contributed by atoms with Gasteiger partial charge >= 0.3 is 0 Å². The zero-order chi connectivity index (χ0) is 16.8. The van der Waals surface area contributed by atoms with Gasteiger partial charge in [-0.25, -0.2) is 0 Å². The molecule has 5 heteroatoms. The van der Waals surface area contributed by atoms with Crippen molar-refractivity contribution < 1.29 is 9.52 Å². The molecule has 2 aromatic heterocycles. The number of hydrogen-bond donors (Lipinski definition) is 1. The van der Waals surface area contributed by atoms with Crippen molar-refractivity contribution in [2.45, 2.75) is 25.9 Å². The molecule has 1 fully saturated rings. The maximum atomic E-state index is 9.43. The number of rotatable bonds is 7. The fourth-order valence-corrected chi connectivity index (χ4v) is 4.02. The maximum absolute atomic E-state index is 9.43. The molecule has 0 aliphatic carbocycles. The normalized spacial score (nSPS) is 20.6. The van der Waals surface area contributed by atoms with E-state index >= 15 is 0 Å². The molecule has 0 aromatic carbocycles. The first-order valence-electron chi connectivity index (χ1n) is 8.53. The quantitative estimate of drug-likeness (QED) is 0.835. The molecule has 1 saturated heterocycles. The van der Waals surface area contributed by atoms with Gasteiger partial charge in [0.2, 0.25) is 0 Å². The highest BCUT2D eigenvalue weighted by molar-refractivity contribution is 7.07. The van der Waals surface area contributed by atoms with Crippen LogP contribution in [0.4, 0.5) is 0 Å². The smallest absolute Gasteiger partial charge is 0.126 e. The molecule has 1 N–H and O–H groups in total. The summed E-state index contributed by atoms with van der Waals surface area (Å²) in [7, 11) is 0. The van der Waals surface area contributed by atoms with E-state index in [9.17, 15) is 5.11 Å². The highest BCUT2D eigenvalue weighted by Gasteiger charge is 2.26. The van der Waals surface area contributed by atoms with Gasteiger partial charge in [-0.15, -0.1) is 0 Å². The molecular weight excluding hydrogens is 320 g/mol. The zero-order valence-corrected chi connectivity index (χ0v) is 15.0. The molecule has 0 unspecified atom stereocenters. The fourth-order valence-electron chi connectivity index (χ4n) is 3.36. The van der Waals surface area contributed by atoms with Crippen LogP contribution in [0, 0.1) is 0 Å². The van der Waals surface area contributed by atoms with Crippen LogP contribution in [0.5, 0.6) is 0 Å².